The van der Waals surface area contributed by atoms with Crippen LogP contribution in [0.1, 0.15) is 56.7 Å². The number of carbonyl (C=O) groups is 1. The third-order valence-electron chi connectivity index (χ3n) is 4.16. The number of rotatable bonds is 4. The van der Waals surface area contributed by atoms with Crippen LogP contribution in [0.4, 0.5) is 13.6 Å². The highest BCUT2D eigenvalue weighted by Crippen LogP contribution is 2.42. The Morgan fingerprint density at radius 3 is 2.61 bits per heavy atom. The van der Waals surface area contributed by atoms with Crippen LogP contribution in [0.5, 0.6) is 0 Å². The van der Waals surface area contributed by atoms with Crippen LogP contribution in [0, 0.1) is 0 Å². The van der Waals surface area contributed by atoms with Gasteiger partial charge in [-0.3, -0.25) is 4.98 Å². The van der Waals surface area contributed by atoms with Gasteiger partial charge in [-0.15, -0.1) is 0 Å². The molecular formula is C16H21ClF2N2O2. The Morgan fingerprint density at radius 1 is 1.48 bits per heavy atom. The van der Waals surface area contributed by atoms with E-state index in [0.717, 1.165) is 5.56 Å². The highest BCUT2D eigenvalue weighted by molar-refractivity contribution is 6.31. The lowest BCUT2D eigenvalue weighted by Gasteiger charge is -2.29. The molecule has 0 aliphatic heterocycles. The van der Waals surface area contributed by atoms with E-state index in [1.54, 1.807) is 26.1 Å². The summed E-state index contributed by atoms with van der Waals surface area (Å²) in [6.45, 7) is 3.52. The lowest BCUT2D eigenvalue weighted by atomic mass is 9.82. The molecule has 0 saturated heterocycles. The predicted octanol–water partition coefficient (Wildman–Crippen LogP) is 4.62. The molecule has 1 saturated carbocycles. The van der Waals surface area contributed by atoms with Crippen LogP contribution in [0.15, 0.2) is 12.3 Å². The fourth-order valence-electron chi connectivity index (χ4n) is 3.02. The molecule has 23 heavy (non-hydrogen) atoms. The van der Waals surface area contributed by atoms with Gasteiger partial charge in [0.25, 0.3) is 0 Å². The molecule has 0 radical (unpaired) electrons. The summed E-state index contributed by atoms with van der Waals surface area (Å²) >= 11 is 6.30. The second-order valence-corrected chi connectivity index (χ2v) is 7.23. The molecule has 1 aliphatic rings. The van der Waals surface area contributed by atoms with Gasteiger partial charge in [-0.05, 0) is 44.2 Å². The zero-order valence-corrected chi connectivity index (χ0v) is 14.0. The van der Waals surface area contributed by atoms with Crippen molar-refractivity contribution in [2.45, 2.75) is 63.3 Å². The maximum atomic E-state index is 13.2. The van der Waals surface area contributed by atoms with Crippen molar-refractivity contribution in [3.63, 3.8) is 0 Å². The summed E-state index contributed by atoms with van der Waals surface area (Å²) in [5.41, 5.74) is 0.796. The Bertz CT molecular complexity index is 583. The number of aromatic nitrogens is 1. The summed E-state index contributed by atoms with van der Waals surface area (Å²) in [5.74, 6) is -2.56. The van der Waals surface area contributed by atoms with Crippen LogP contribution in [0.2, 0.25) is 5.02 Å². The molecule has 0 spiro atoms. The van der Waals surface area contributed by atoms with Crippen molar-refractivity contribution >= 4 is 17.7 Å². The summed E-state index contributed by atoms with van der Waals surface area (Å²) in [7, 11) is 0. The van der Waals surface area contributed by atoms with E-state index in [4.69, 9.17) is 16.7 Å². The number of pyridine rings is 1. The molecule has 0 atom stereocenters. The van der Waals surface area contributed by atoms with E-state index in [9.17, 15) is 13.6 Å². The molecule has 0 unspecified atom stereocenters. The third kappa shape index (κ3) is 5.03. The van der Waals surface area contributed by atoms with Crippen LogP contribution >= 0.6 is 11.6 Å². The number of hydrogen-bond acceptors (Lipinski definition) is 2. The molecule has 4 nitrogen and oxygen atoms in total. The molecule has 1 heterocycles. The molecule has 1 aromatic heterocycles. The smallest absolute Gasteiger partial charge is 0.405 e. The number of nitrogens with one attached hydrogen (secondary N) is 1. The summed E-state index contributed by atoms with van der Waals surface area (Å²) in [6.07, 6.45) is 1.50. The zero-order valence-electron chi connectivity index (χ0n) is 13.2. The fourth-order valence-corrected chi connectivity index (χ4v) is 3.34. The molecular weight excluding hydrogens is 326 g/mol. The molecule has 0 bridgehead atoms. The van der Waals surface area contributed by atoms with Crippen LogP contribution in [-0.2, 0) is 6.42 Å². The van der Waals surface area contributed by atoms with Crippen molar-refractivity contribution in [1.29, 1.82) is 0 Å². The Kier molecular flexibility index (Phi) is 5.14. The van der Waals surface area contributed by atoms with Crippen LogP contribution < -0.4 is 5.32 Å². The highest BCUT2D eigenvalue weighted by atomic mass is 35.5. The van der Waals surface area contributed by atoms with Gasteiger partial charge in [-0.2, -0.15) is 0 Å². The van der Waals surface area contributed by atoms with E-state index in [0.29, 0.717) is 30.0 Å². The van der Waals surface area contributed by atoms with Crippen molar-refractivity contribution in [3.05, 3.63) is 28.5 Å². The SMILES string of the molecule is CC(C)(Cc1cc(Cl)c(C2CCC(F)(F)CC2)cn1)NC(=O)O. The normalized spacial score (nSPS) is 18.7. The van der Waals surface area contributed by atoms with Gasteiger partial charge in [0.15, 0.2) is 0 Å². The largest absolute Gasteiger partial charge is 0.465 e. The first-order valence-electron chi connectivity index (χ1n) is 7.61. The molecule has 1 fully saturated rings. The monoisotopic (exact) mass is 346 g/mol. The van der Waals surface area contributed by atoms with E-state index < -0.39 is 17.6 Å². The number of halogens is 3. The molecule has 2 N–H and O–H groups in total. The average Bonchev–Trinajstić information content (AvgIpc) is 2.37. The van der Waals surface area contributed by atoms with E-state index in [-0.39, 0.29) is 18.8 Å². The van der Waals surface area contributed by atoms with Crippen molar-refractivity contribution in [1.82, 2.24) is 10.3 Å². The lowest BCUT2D eigenvalue weighted by Crippen LogP contribution is -2.44. The quantitative estimate of drug-likeness (QED) is 0.836. The van der Waals surface area contributed by atoms with Crippen LogP contribution in [-0.4, -0.2) is 27.6 Å². The van der Waals surface area contributed by atoms with Crippen molar-refractivity contribution in [3.8, 4) is 0 Å². The van der Waals surface area contributed by atoms with Gasteiger partial charge in [0.2, 0.25) is 5.92 Å². The molecule has 1 aliphatic carbocycles. The average molecular weight is 347 g/mol. The lowest BCUT2D eigenvalue weighted by molar-refractivity contribution is -0.0382. The minimum atomic E-state index is -2.57. The summed E-state index contributed by atoms with van der Waals surface area (Å²) < 4.78 is 26.5. The molecule has 7 heteroatoms. The van der Waals surface area contributed by atoms with Crippen LogP contribution in [0.3, 0.4) is 0 Å². The Labute approximate surface area is 139 Å². The fraction of sp³-hybridized carbons (Fsp3) is 0.625. The van der Waals surface area contributed by atoms with Gasteiger partial charge in [-0.1, -0.05) is 11.6 Å². The van der Waals surface area contributed by atoms with E-state index >= 15 is 0 Å². The van der Waals surface area contributed by atoms with E-state index in [1.807, 2.05) is 0 Å². The van der Waals surface area contributed by atoms with Gasteiger partial charge in [-0.25, -0.2) is 13.6 Å². The summed E-state index contributed by atoms with van der Waals surface area (Å²) in [6, 6.07) is 1.70. The first kappa shape index (κ1) is 17.9. The first-order chi connectivity index (χ1) is 10.6. The van der Waals surface area contributed by atoms with E-state index in [2.05, 4.69) is 10.3 Å². The summed E-state index contributed by atoms with van der Waals surface area (Å²) in [4.78, 5) is 15.1. The van der Waals surface area contributed by atoms with Gasteiger partial charge >= 0.3 is 6.09 Å². The van der Waals surface area contributed by atoms with Gasteiger partial charge in [0.1, 0.15) is 0 Å². The van der Waals surface area contributed by atoms with E-state index in [1.165, 1.54) is 0 Å². The Balaban J connectivity index is 2.08. The Hall–Kier alpha value is -1.43. The number of nitrogens with zero attached hydrogens (tertiary/aromatic N) is 1. The van der Waals surface area contributed by atoms with Gasteiger partial charge in [0, 0.05) is 41.7 Å². The molecule has 128 valence electrons. The molecule has 0 aromatic carbocycles. The first-order valence-corrected chi connectivity index (χ1v) is 7.99. The third-order valence-corrected chi connectivity index (χ3v) is 4.49. The number of alkyl halides is 2. The Morgan fingerprint density at radius 2 is 2.09 bits per heavy atom. The zero-order chi connectivity index (χ0) is 17.3. The molecule has 2 rings (SSSR count). The second kappa shape index (κ2) is 6.59. The minimum absolute atomic E-state index is 0.00818. The van der Waals surface area contributed by atoms with Crippen molar-refractivity contribution < 1.29 is 18.7 Å². The molecule has 1 amide bonds. The standard InChI is InChI=1S/C16H21ClF2N2O2/c1-15(2,21-14(22)23)8-11-7-13(17)12(9-20-11)10-3-5-16(18,19)6-4-10/h7,9-10,21H,3-6,8H2,1-2H3,(H,22,23). The second-order valence-electron chi connectivity index (χ2n) is 6.82. The maximum absolute atomic E-state index is 13.2. The summed E-state index contributed by atoms with van der Waals surface area (Å²) in [5, 5.41) is 11.8. The van der Waals surface area contributed by atoms with Crippen molar-refractivity contribution in [2.24, 2.45) is 0 Å². The highest BCUT2D eigenvalue weighted by Gasteiger charge is 2.36. The number of amides is 1. The van der Waals surface area contributed by atoms with Crippen LogP contribution in [0.25, 0.3) is 0 Å². The van der Waals surface area contributed by atoms with Gasteiger partial charge in [0.05, 0.1) is 0 Å². The minimum Gasteiger partial charge on any atom is -0.465 e. The topological polar surface area (TPSA) is 62.2 Å². The predicted molar refractivity (Wildman–Crippen MR) is 84.3 cm³/mol. The van der Waals surface area contributed by atoms with Gasteiger partial charge < -0.3 is 10.4 Å². The number of hydrogen-bond donors (Lipinski definition) is 2. The number of carboxylic acid groups (broad SMARTS) is 1. The maximum Gasteiger partial charge on any atom is 0.405 e. The van der Waals surface area contributed by atoms with Crippen molar-refractivity contribution in [2.75, 3.05) is 0 Å². The molecule has 1 aromatic rings.